The van der Waals surface area contributed by atoms with Gasteiger partial charge in [0.2, 0.25) is 0 Å². The maximum atomic E-state index is 6.00. The second kappa shape index (κ2) is 6.37. The largest absolute Gasteiger partial charge is 0.362 e. The molecule has 138 valence electrons. The molecule has 0 unspecified atom stereocenters. The molecule has 0 saturated carbocycles. The average Bonchev–Trinajstić information content (AvgIpc) is 2.84. The molecule has 0 radical (unpaired) electrons. The van der Waals surface area contributed by atoms with Gasteiger partial charge in [-0.05, 0) is 42.0 Å². The van der Waals surface area contributed by atoms with Crippen molar-refractivity contribution in [1.29, 1.82) is 0 Å². The first-order valence-corrected chi connectivity index (χ1v) is 9.00. The van der Waals surface area contributed by atoms with Crippen LogP contribution in [0.1, 0.15) is 80.6 Å². The van der Waals surface area contributed by atoms with Crippen LogP contribution in [-0.4, -0.2) is 33.0 Å². The SMILES string of the molecule is CC(C)[C@@H]1N[C@H](c2nnnn2C(C)(C)CC(C)(C)C)C(C)(C)CO1. The van der Waals surface area contributed by atoms with E-state index in [0.717, 1.165) is 12.2 Å². The first-order chi connectivity index (χ1) is 10.8. The summed E-state index contributed by atoms with van der Waals surface area (Å²) < 4.78 is 8.01. The minimum atomic E-state index is -0.152. The van der Waals surface area contributed by atoms with Crippen LogP contribution in [0, 0.1) is 16.7 Å². The van der Waals surface area contributed by atoms with E-state index in [1.807, 2.05) is 4.68 Å². The molecule has 6 nitrogen and oxygen atoms in total. The Labute approximate surface area is 146 Å². The zero-order valence-electron chi connectivity index (χ0n) is 16.8. The van der Waals surface area contributed by atoms with Crippen LogP contribution < -0.4 is 5.32 Å². The maximum Gasteiger partial charge on any atom is 0.169 e. The third kappa shape index (κ3) is 4.14. The predicted molar refractivity (Wildman–Crippen MR) is 95.4 cm³/mol. The quantitative estimate of drug-likeness (QED) is 0.911. The average molecular weight is 338 g/mol. The third-order valence-corrected chi connectivity index (χ3v) is 4.64. The first kappa shape index (κ1) is 19.3. The van der Waals surface area contributed by atoms with Crippen molar-refractivity contribution in [1.82, 2.24) is 25.5 Å². The molecular formula is C18H35N5O. The van der Waals surface area contributed by atoms with Crippen molar-refractivity contribution in [2.45, 2.75) is 86.5 Å². The molecule has 6 heteroatoms. The summed E-state index contributed by atoms with van der Waals surface area (Å²) >= 11 is 0. The van der Waals surface area contributed by atoms with E-state index in [-0.39, 0.29) is 28.6 Å². The van der Waals surface area contributed by atoms with E-state index in [1.54, 1.807) is 0 Å². The molecule has 0 spiro atoms. The van der Waals surface area contributed by atoms with Crippen LogP contribution in [0.3, 0.4) is 0 Å². The van der Waals surface area contributed by atoms with Gasteiger partial charge < -0.3 is 4.74 Å². The minimum absolute atomic E-state index is 0.0268. The van der Waals surface area contributed by atoms with Gasteiger partial charge in [-0.15, -0.1) is 5.10 Å². The van der Waals surface area contributed by atoms with E-state index in [0.29, 0.717) is 12.5 Å². The molecule has 1 saturated heterocycles. The molecule has 1 N–H and O–H groups in total. The van der Waals surface area contributed by atoms with E-state index < -0.39 is 0 Å². The number of nitrogens with zero attached hydrogens (tertiary/aromatic N) is 4. The Morgan fingerprint density at radius 1 is 1.25 bits per heavy atom. The van der Waals surface area contributed by atoms with Gasteiger partial charge >= 0.3 is 0 Å². The lowest BCUT2D eigenvalue weighted by atomic mass is 9.80. The van der Waals surface area contributed by atoms with Crippen molar-refractivity contribution < 1.29 is 4.74 Å². The first-order valence-electron chi connectivity index (χ1n) is 9.00. The molecular weight excluding hydrogens is 302 g/mol. The van der Waals surface area contributed by atoms with Crippen molar-refractivity contribution in [2.75, 3.05) is 6.61 Å². The highest BCUT2D eigenvalue weighted by Crippen LogP contribution is 2.40. The Morgan fingerprint density at radius 3 is 2.42 bits per heavy atom. The third-order valence-electron chi connectivity index (χ3n) is 4.64. The Hall–Kier alpha value is -1.01. The molecule has 2 rings (SSSR count). The minimum Gasteiger partial charge on any atom is -0.362 e. The zero-order valence-corrected chi connectivity index (χ0v) is 16.8. The number of ether oxygens (including phenoxy) is 1. The summed E-state index contributed by atoms with van der Waals surface area (Å²) in [5, 5.41) is 16.4. The van der Waals surface area contributed by atoms with Crippen molar-refractivity contribution in [3.05, 3.63) is 5.82 Å². The van der Waals surface area contributed by atoms with Gasteiger partial charge in [0.1, 0.15) is 6.23 Å². The molecule has 0 aromatic carbocycles. The predicted octanol–water partition coefficient (Wildman–Crippen LogP) is 3.51. The van der Waals surface area contributed by atoms with Gasteiger partial charge in [-0.3, -0.25) is 5.32 Å². The van der Waals surface area contributed by atoms with Gasteiger partial charge in [-0.1, -0.05) is 48.5 Å². The molecule has 0 amide bonds. The van der Waals surface area contributed by atoms with Crippen LogP contribution in [0.2, 0.25) is 0 Å². The fraction of sp³-hybridized carbons (Fsp3) is 0.944. The second-order valence-corrected chi connectivity index (χ2v) is 10.1. The van der Waals surface area contributed by atoms with E-state index in [9.17, 15) is 0 Å². The second-order valence-electron chi connectivity index (χ2n) is 10.1. The highest BCUT2D eigenvalue weighted by Gasteiger charge is 2.43. The van der Waals surface area contributed by atoms with Crippen LogP contribution in [0.4, 0.5) is 0 Å². The summed E-state index contributed by atoms with van der Waals surface area (Å²) in [6.07, 6.45) is 1.02. The van der Waals surface area contributed by atoms with Gasteiger partial charge in [0.25, 0.3) is 0 Å². The van der Waals surface area contributed by atoms with Crippen molar-refractivity contribution >= 4 is 0 Å². The van der Waals surface area contributed by atoms with Gasteiger partial charge in [0, 0.05) is 5.41 Å². The van der Waals surface area contributed by atoms with E-state index >= 15 is 0 Å². The summed E-state index contributed by atoms with van der Waals surface area (Å²) in [7, 11) is 0. The molecule has 2 heterocycles. The van der Waals surface area contributed by atoms with Crippen LogP contribution in [0.5, 0.6) is 0 Å². The van der Waals surface area contributed by atoms with Crippen molar-refractivity contribution in [3.8, 4) is 0 Å². The van der Waals surface area contributed by atoms with E-state index in [2.05, 4.69) is 83.2 Å². The number of rotatable bonds is 4. The van der Waals surface area contributed by atoms with Gasteiger partial charge in [0.05, 0.1) is 18.2 Å². The Bertz CT molecular complexity index is 556. The summed E-state index contributed by atoms with van der Waals surface area (Å²) in [5.41, 5.74) is -0.0258. The Kier molecular flexibility index (Phi) is 5.13. The molecule has 1 aliphatic heterocycles. The molecule has 24 heavy (non-hydrogen) atoms. The fourth-order valence-corrected chi connectivity index (χ4v) is 3.81. The molecule has 1 aliphatic rings. The number of aromatic nitrogens is 4. The number of nitrogens with one attached hydrogen (secondary N) is 1. The van der Waals surface area contributed by atoms with Crippen LogP contribution >= 0.6 is 0 Å². The number of hydrogen-bond acceptors (Lipinski definition) is 5. The van der Waals surface area contributed by atoms with Crippen molar-refractivity contribution in [2.24, 2.45) is 16.7 Å². The number of hydrogen-bond donors (Lipinski definition) is 1. The smallest absolute Gasteiger partial charge is 0.169 e. The molecule has 0 aliphatic carbocycles. The normalized spacial score (nSPS) is 25.2. The standard InChI is InChI=1S/C18H35N5O/c1-12(2)15-19-13(17(6,7)11-24-15)14-20-21-22-23(14)18(8,9)10-16(3,4)5/h12-13,15,19H,10-11H2,1-9H3/t13-,15-/m1/s1. The molecule has 2 atom stereocenters. The van der Waals surface area contributed by atoms with Gasteiger partial charge in [-0.2, -0.15) is 0 Å². The monoisotopic (exact) mass is 337 g/mol. The Balaban J connectivity index is 2.36. The molecule has 1 aromatic heterocycles. The van der Waals surface area contributed by atoms with Gasteiger partial charge in [0.15, 0.2) is 5.82 Å². The topological polar surface area (TPSA) is 64.9 Å². The van der Waals surface area contributed by atoms with Crippen molar-refractivity contribution in [3.63, 3.8) is 0 Å². The lowest BCUT2D eigenvalue weighted by Crippen LogP contribution is -2.53. The summed E-state index contributed by atoms with van der Waals surface area (Å²) in [6, 6.07) is 0.0629. The van der Waals surface area contributed by atoms with Crippen LogP contribution in [0.15, 0.2) is 0 Å². The molecule has 1 aromatic rings. The van der Waals surface area contributed by atoms with Crippen LogP contribution in [0.25, 0.3) is 0 Å². The molecule has 1 fully saturated rings. The number of tetrazole rings is 1. The fourth-order valence-electron chi connectivity index (χ4n) is 3.81. The van der Waals surface area contributed by atoms with E-state index in [4.69, 9.17) is 4.74 Å². The highest BCUT2D eigenvalue weighted by atomic mass is 16.5. The maximum absolute atomic E-state index is 6.00. The summed E-state index contributed by atoms with van der Waals surface area (Å²) in [4.78, 5) is 0. The lowest BCUT2D eigenvalue weighted by molar-refractivity contribution is -0.107. The zero-order chi connectivity index (χ0) is 18.3. The Morgan fingerprint density at radius 2 is 1.88 bits per heavy atom. The van der Waals surface area contributed by atoms with E-state index in [1.165, 1.54) is 0 Å². The molecule has 0 bridgehead atoms. The lowest BCUT2D eigenvalue weighted by Gasteiger charge is -2.44. The van der Waals surface area contributed by atoms with Gasteiger partial charge in [-0.25, -0.2) is 4.68 Å². The summed E-state index contributed by atoms with van der Waals surface area (Å²) in [6.45, 7) is 20.6. The van der Waals surface area contributed by atoms with Crippen LogP contribution in [-0.2, 0) is 10.3 Å². The highest BCUT2D eigenvalue weighted by molar-refractivity contribution is 5.05. The summed E-state index contributed by atoms with van der Waals surface area (Å²) in [5.74, 6) is 1.30.